The number of alkyl halides is 3. The molecule has 0 spiro atoms. The molecule has 254 valence electrons. The molecule has 2 heterocycles. The minimum atomic E-state index is -4.53. The second-order valence-corrected chi connectivity index (χ2v) is 13.6. The third-order valence-electron chi connectivity index (χ3n) is 7.85. The monoisotopic (exact) mass is 676 g/mol. The topological polar surface area (TPSA) is 110 Å². The largest absolute Gasteiger partial charge is 0.495 e. The normalized spacial score (nSPS) is 15.1. The molecule has 1 saturated heterocycles. The van der Waals surface area contributed by atoms with E-state index in [0.29, 0.717) is 54.8 Å². The van der Waals surface area contributed by atoms with Crippen molar-refractivity contribution in [2.24, 2.45) is 0 Å². The highest BCUT2D eigenvalue weighted by atomic mass is 32.2. The van der Waals surface area contributed by atoms with Gasteiger partial charge in [-0.05, 0) is 56.0 Å². The molecule has 47 heavy (non-hydrogen) atoms. The summed E-state index contributed by atoms with van der Waals surface area (Å²) < 4.78 is 76.7. The maximum Gasteiger partial charge on any atom is 0.406 e. The Morgan fingerprint density at radius 1 is 1.13 bits per heavy atom. The lowest BCUT2D eigenvalue weighted by Crippen LogP contribution is -2.48. The molecule has 1 amide bonds. The minimum absolute atomic E-state index is 0.0310. The van der Waals surface area contributed by atoms with Crippen LogP contribution in [0.4, 0.5) is 24.5 Å². The number of esters is 1. The number of hydrogen-bond acceptors (Lipinski definition) is 8. The first-order valence-electron chi connectivity index (χ1n) is 15.1. The van der Waals surface area contributed by atoms with Gasteiger partial charge in [-0.2, -0.15) is 13.2 Å². The van der Waals surface area contributed by atoms with E-state index >= 15 is 0 Å². The van der Waals surface area contributed by atoms with Gasteiger partial charge in [0.25, 0.3) is 0 Å². The summed E-state index contributed by atoms with van der Waals surface area (Å²) in [5, 5.41) is 3.50. The summed E-state index contributed by atoms with van der Waals surface area (Å²) in [7, 11) is -2.06. The molecule has 0 saturated carbocycles. The number of ether oxygens (including phenoxy) is 2. The Morgan fingerprint density at radius 3 is 2.43 bits per heavy atom. The quantitative estimate of drug-likeness (QED) is 0.240. The van der Waals surface area contributed by atoms with E-state index in [0.717, 1.165) is 10.8 Å². The van der Waals surface area contributed by atoms with Gasteiger partial charge in [0.1, 0.15) is 18.4 Å². The highest BCUT2D eigenvalue weighted by Gasteiger charge is 2.32. The van der Waals surface area contributed by atoms with Crippen LogP contribution in [-0.2, 0) is 30.7 Å². The smallest absolute Gasteiger partial charge is 0.406 e. The summed E-state index contributed by atoms with van der Waals surface area (Å²) in [6, 6.07) is 10.7. The third-order valence-corrected chi connectivity index (χ3v) is 8.96. The number of sulfone groups is 1. The molecule has 14 heteroatoms. The predicted octanol–water partition coefficient (Wildman–Crippen LogP) is 4.85. The van der Waals surface area contributed by atoms with E-state index in [1.54, 1.807) is 29.2 Å². The number of hydrogen-bond donors (Lipinski definition) is 1. The van der Waals surface area contributed by atoms with E-state index in [4.69, 9.17) is 9.47 Å². The summed E-state index contributed by atoms with van der Waals surface area (Å²) in [6.07, 6.45) is -2.44. The van der Waals surface area contributed by atoms with Crippen molar-refractivity contribution in [3.05, 3.63) is 48.2 Å². The van der Waals surface area contributed by atoms with Crippen LogP contribution in [0.5, 0.6) is 5.75 Å². The Morgan fingerprint density at radius 2 is 1.83 bits per heavy atom. The Labute approximate surface area is 272 Å². The molecule has 1 unspecified atom stereocenters. The van der Waals surface area contributed by atoms with Crippen molar-refractivity contribution in [2.45, 2.75) is 63.4 Å². The molecule has 3 aromatic rings. The molecular formula is C33H39F3N4O6S. The van der Waals surface area contributed by atoms with Crippen molar-refractivity contribution >= 4 is 44.0 Å². The Balaban J connectivity index is 1.61. The maximum atomic E-state index is 13.8. The van der Waals surface area contributed by atoms with Crippen LogP contribution >= 0.6 is 0 Å². The number of rotatable bonds is 10. The highest BCUT2D eigenvalue weighted by Crippen LogP contribution is 2.35. The van der Waals surface area contributed by atoms with Gasteiger partial charge in [0, 0.05) is 57.2 Å². The van der Waals surface area contributed by atoms with E-state index < -0.39 is 22.6 Å². The Kier molecular flexibility index (Phi) is 11.1. The standard InChI is InChI=1S/C33H39F3N4O6S/c1-22(46-24(3)42)20-38-16-13-25(14-17-38)40(23(2)41)31-10-6-9-30-28(31)18-26(39(30)21-33(34,35)36)8-7-15-37-29-12-11-27(47(5,43)44)19-32(29)45-4/h6,9-12,18-19,22,25,37H,13-17,20-21H2,1-5H3. The van der Waals surface area contributed by atoms with Gasteiger partial charge in [-0.25, -0.2) is 8.42 Å². The van der Waals surface area contributed by atoms with Gasteiger partial charge in [-0.3, -0.25) is 14.5 Å². The first-order valence-corrected chi connectivity index (χ1v) is 17.0. The molecule has 10 nitrogen and oxygen atoms in total. The molecule has 1 aliphatic rings. The zero-order chi connectivity index (χ0) is 34.5. The fraction of sp³-hybridized carbons (Fsp3) is 0.455. The van der Waals surface area contributed by atoms with Crippen molar-refractivity contribution in [3.63, 3.8) is 0 Å². The lowest BCUT2D eigenvalue weighted by atomic mass is 10.0. The van der Waals surface area contributed by atoms with Crippen LogP contribution in [-0.4, -0.2) is 87.6 Å². The van der Waals surface area contributed by atoms with Crippen LogP contribution in [0, 0.1) is 11.8 Å². The van der Waals surface area contributed by atoms with Crippen LogP contribution in [0.15, 0.2) is 47.4 Å². The van der Waals surface area contributed by atoms with E-state index in [2.05, 4.69) is 22.1 Å². The van der Waals surface area contributed by atoms with Crippen molar-refractivity contribution < 1.29 is 40.7 Å². The third kappa shape index (κ3) is 9.20. The van der Waals surface area contributed by atoms with Gasteiger partial charge < -0.3 is 24.3 Å². The molecule has 0 aliphatic carbocycles. The zero-order valence-corrected chi connectivity index (χ0v) is 27.8. The molecule has 1 fully saturated rings. The number of piperidine rings is 1. The average Bonchev–Trinajstić information content (AvgIpc) is 3.31. The number of halogens is 3. The Hall–Kier alpha value is -4.22. The first-order chi connectivity index (χ1) is 22.1. The lowest BCUT2D eigenvalue weighted by molar-refractivity contribution is -0.146. The van der Waals surface area contributed by atoms with Gasteiger partial charge in [-0.15, -0.1) is 0 Å². The number of likely N-dealkylation sites (tertiary alicyclic amines) is 1. The molecule has 1 N–H and O–H groups in total. The van der Waals surface area contributed by atoms with Crippen LogP contribution in [0.3, 0.4) is 0 Å². The van der Waals surface area contributed by atoms with Crippen LogP contribution in [0.2, 0.25) is 0 Å². The van der Waals surface area contributed by atoms with Crippen LogP contribution in [0.25, 0.3) is 10.9 Å². The molecule has 4 rings (SSSR count). The summed E-state index contributed by atoms with van der Waals surface area (Å²) in [4.78, 5) is 28.3. The maximum absolute atomic E-state index is 13.8. The summed E-state index contributed by atoms with van der Waals surface area (Å²) >= 11 is 0. The molecule has 0 radical (unpaired) electrons. The van der Waals surface area contributed by atoms with E-state index in [-0.39, 0.29) is 46.9 Å². The number of carbonyl (C=O) groups excluding carboxylic acids is 2. The number of amides is 1. The van der Waals surface area contributed by atoms with E-state index in [1.165, 1.54) is 39.2 Å². The summed E-state index contributed by atoms with van der Waals surface area (Å²) in [5.74, 6) is 5.42. The number of methoxy groups -OCH3 is 1. The fourth-order valence-electron chi connectivity index (χ4n) is 5.92. The van der Waals surface area contributed by atoms with Gasteiger partial charge in [0.05, 0.1) is 41.1 Å². The number of nitrogens with one attached hydrogen (secondary N) is 1. The summed E-state index contributed by atoms with van der Waals surface area (Å²) in [5.41, 5.74) is 1.41. The number of anilines is 2. The number of benzene rings is 2. The van der Waals surface area contributed by atoms with Gasteiger partial charge in [0.2, 0.25) is 5.91 Å². The Bertz CT molecular complexity index is 1790. The van der Waals surface area contributed by atoms with Crippen molar-refractivity contribution in [3.8, 4) is 17.6 Å². The SMILES string of the molecule is COc1cc(S(C)(=O)=O)ccc1NCC#Cc1cc2c(N(C(C)=O)C3CCN(CC(C)OC(C)=O)CC3)cccc2n1CC(F)(F)F. The van der Waals surface area contributed by atoms with Gasteiger partial charge in [0.15, 0.2) is 9.84 Å². The number of aromatic nitrogens is 1. The van der Waals surface area contributed by atoms with Crippen LogP contribution < -0.4 is 15.0 Å². The molecule has 2 aromatic carbocycles. The van der Waals surface area contributed by atoms with E-state index in [1.807, 2.05) is 6.92 Å². The van der Waals surface area contributed by atoms with Gasteiger partial charge >= 0.3 is 12.1 Å². The van der Waals surface area contributed by atoms with Crippen molar-refractivity contribution in [2.75, 3.05) is 49.8 Å². The number of nitrogens with zero attached hydrogens (tertiary/aromatic N) is 3. The van der Waals surface area contributed by atoms with Crippen molar-refractivity contribution in [1.82, 2.24) is 9.47 Å². The average molecular weight is 677 g/mol. The number of carbonyl (C=O) groups is 2. The molecule has 1 aliphatic heterocycles. The second-order valence-electron chi connectivity index (χ2n) is 11.6. The zero-order valence-electron chi connectivity index (χ0n) is 27.0. The fourth-order valence-corrected chi connectivity index (χ4v) is 6.56. The highest BCUT2D eigenvalue weighted by molar-refractivity contribution is 7.90. The van der Waals surface area contributed by atoms with E-state index in [9.17, 15) is 31.2 Å². The summed E-state index contributed by atoms with van der Waals surface area (Å²) in [6.45, 7) is 5.30. The van der Waals surface area contributed by atoms with Crippen LogP contribution in [0.1, 0.15) is 39.3 Å². The predicted molar refractivity (Wildman–Crippen MR) is 173 cm³/mol. The molecule has 1 atom stereocenters. The molecule has 1 aromatic heterocycles. The molecular weight excluding hydrogens is 637 g/mol. The van der Waals surface area contributed by atoms with Gasteiger partial charge in [-0.1, -0.05) is 12.0 Å². The second kappa shape index (κ2) is 14.7. The first kappa shape index (κ1) is 35.6. The lowest BCUT2D eigenvalue weighted by Gasteiger charge is -2.39. The minimum Gasteiger partial charge on any atom is -0.495 e. The number of fused-ring (bicyclic) bond motifs is 1. The molecule has 0 bridgehead atoms. The van der Waals surface area contributed by atoms with Crippen molar-refractivity contribution in [1.29, 1.82) is 0 Å².